The van der Waals surface area contributed by atoms with Crippen LogP contribution in [0.2, 0.25) is 0 Å². The van der Waals surface area contributed by atoms with Gasteiger partial charge in [-0.1, -0.05) is 0 Å². The van der Waals surface area contributed by atoms with Crippen LogP contribution >= 0.6 is 0 Å². The van der Waals surface area contributed by atoms with Crippen molar-refractivity contribution in [2.24, 2.45) is 0 Å². The van der Waals surface area contributed by atoms with Gasteiger partial charge in [-0.3, -0.25) is 0 Å². The highest BCUT2D eigenvalue weighted by Gasteiger charge is 2.24. The van der Waals surface area contributed by atoms with E-state index in [2.05, 4.69) is 10.6 Å². The maximum Gasteiger partial charge on any atom is 0.407 e. The third-order valence-electron chi connectivity index (χ3n) is 2.26. The van der Waals surface area contributed by atoms with Crippen molar-refractivity contribution in [2.45, 2.75) is 45.4 Å². The summed E-state index contributed by atoms with van der Waals surface area (Å²) < 4.78 is 10.7. The number of hydrogen-bond donors (Lipinski definition) is 2. The fourth-order valence-corrected chi connectivity index (χ4v) is 1.49. The second-order valence-electron chi connectivity index (χ2n) is 5.05. The molecule has 2 atom stereocenters. The molecule has 1 rings (SSSR count). The quantitative estimate of drug-likeness (QED) is 0.739. The Bertz CT molecular complexity index is 232. The lowest BCUT2D eigenvalue weighted by molar-refractivity contribution is 0.00141. The van der Waals surface area contributed by atoms with Crippen LogP contribution in [0.5, 0.6) is 0 Å². The molecule has 1 aliphatic rings. The summed E-state index contributed by atoms with van der Waals surface area (Å²) in [5.41, 5.74) is -0.463. The zero-order valence-corrected chi connectivity index (χ0v) is 10.5. The number of morpholine rings is 1. The maximum absolute atomic E-state index is 11.5. The van der Waals surface area contributed by atoms with Gasteiger partial charge in [0.05, 0.1) is 18.8 Å². The van der Waals surface area contributed by atoms with E-state index in [1.54, 1.807) is 0 Å². The van der Waals surface area contributed by atoms with Crippen molar-refractivity contribution in [1.82, 2.24) is 10.6 Å². The zero-order chi connectivity index (χ0) is 12.2. The second kappa shape index (κ2) is 5.50. The van der Waals surface area contributed by atoms with Gasteiger partial charge in [0.1, 0.15) is 5.60 Å². The molecule has 5 nitrogen and oxygen atoms in total. The number of ether oxygens (including phenoxy) is 2. The van der Waals surface area contributed by atoms with Gasteiger partial charge in [0.25, 0.3) is 0 Å². The molecule has 0 spiro atoms. The fourth-order valence-electron chi connectivity index (χ4n) is 1.49. The van der Waals surface area contributed by atoms with Gasteiger partial charge in [0.2, 0.25) is 0 Å². The van der Waals surface area contributed by atoms with Gasteiger partial charge >= 0.3 is 6.09 Å². The summed E-state index contributed by atoms with van der Waals surface area (Å²) >= 11 is 0. The van der Waals surface area contributed by atoms with Crippen molar-refractivity contribution in [2.75, 3.05) is 19.7 Å². The minimum Gasteiger partial charge on any atom is -0.444 e. The van der Waals surface area contributed by atoms with E-state index in [1.807, 2.05) is 27.7 Å². The molecular formula is C11H22N2O3. The third-order valence-corrected chi connectivity index (χ3v) is 2.26. The Morgan fingerprint density at radius 2 is 2.25 bits per heavy atom. The topological polar surface area (TPSA) is 59.6 Å². The summed E-state index contributed by atoms with van der Waals surface area (Å²) in [5.74, 6) is 0. The molecule has 1 fully saturated rings. The van der Waals surface area contributed by atoms with Gasteiger partial charge in [0, 0.05) is 13.1 Å². The average Bonchev–Trinajstić information content (AvgIpc) is 2.16. The molecule has 0 saturated carbocycles. The SMILES string of the molecule is CC(NC(=O)OC(C)(C)C)C1CNCCO1. The smallest absolute Gasteiger partial charge is 0.407 e. The van der Waals surface area contributed by atoms with Crippen LogP contribution in [0.15, 0.2) is 0 Å². The molecule has 2 N–H and O–H groups in total. The van der Waals surface area contributed by atoms with Crippen molar-refractivity contribution >= 4 is 6.09 Å². The minimum atomic E-state index is -0.463. The minimum absolute atomic E-state index is 0.0151. The Morgan fingerprint density at radius 3 is 2.75 bits per heavy atom. The van der Waals surface area contributed by atoms with E-state index < -0.39 is 11.7 Å². The number of alkyl carbamates (subject to hydrolysis) is 1. The van der Waals surface area contributed by atoms with Crippen LogP contribution in [0.25, 0.3) is 0 Å². The average molecular weight is 230 g/mol. The van der Waals surface area contributed by atoms with E-state index in [0.29, 0.717) is 6.61 Å². The molecule has 0 bridgehead atoms. The van der Waals surface area contributed by atoms with E-state index in [4.69, 9.17) is 9.47 Å². The summed E-state index contributed by atoms with van der Waals surface area (Å²) in [7, 11) is 0. The molecule has 0 aromatic carbocycles. The molecule has 16 heavy (non-hydrogen) atoms. The summed E-state index contributed by atoms with van der Waals surface area (Å²) in [5, 5.41) is 6.00. The van der Waals surface area contributed by atoms with Gasteiger partial charge in [0.15, 0.2) is 0 Å². The van der Waals surface area contributed by atoms with E-state index >= 15 is 0 Å². The lowest BCUT2D eigenvalue weighted by Gasteiger charge is -2.30. The Balaban J connectivity index is 2.32. The van der Waals surface area contributed by atoms with Crippen molar-refractivity contribution < 1.29 is 14.3 Å². The number of amides is 1. The first-order valence-corrected chi connectivity index (χ1v) is 5.70. The Labute approximate surface area is 96.9 Å². The highest BCUT2D eigenvalue weighted by atomic mass is 16.6. The molecule has 0 aliphatic carbocycles. The van der Waals surface area contributed by atoms with Gasteiger partial charge in [-0.25, -0.2) is 4.79 Å². The summed E-state index contributed by atoms with van der Waals surface area (Å²) in [6, 6.07) is -0.0531. The van der Waals surface area contributed by atoms with Gasteiger partial charge in [-0.15, -0.1) is 0 Å². The van der Waals surface area contributed by atoms with E-state index in [1.165, 1.54) is 0 Å². The molecule has 1 saturated heterocycles. The predicted molar refractivity (Wildman–Crippen MR) is 61.4 cm³/mol. The third kappa shape index (κ3) is 4.81. The van der Waals surface area contributed by atoms with Crippen LogP contribution in [0, 0.1) is 0 Å². The number of carbonyl (C=O) groups is 1. The van der Waals surface area contributed by atoms with Gasteiger partial charge in [-0.2, -0.15) is 0 Å². The standard InChI is InChI=1S/C11H22N2O3/c1-8(9-7-12-5-6-15-9)13-10(14)16-11(2,3)4/h8-9,12H,5-7H2,1-4H3,(H,13,14). The summed E-state index contributed by atoms with van der Waals surface area (Å²) in [6.45, 7) is 9.76. The number of hydrogen-bond acceptors (Lipinski definition) is 4. The van der Waals surface area contributed by atoms with Crippen LogP contribution < -0.4 is 10.6 Å². The largest absolute Gasteiger partial charge is 0.444 e. The number of rotatable bonds is 2. The van der Waals surface area contributed by atoms with E-state index in [9.17, 15) is 4.79 Å². The van der Waals surface area contributed by atoms with Crippen LogP contribution in [-0.2, 0) is 9.47 Å². The van der Waals surface area contributed by atoms with Crippen molar-refractivity contribution in [3.8, 4) is 0 Å². The summed E-state index contributed by atoms with van der Waals surface area (Å²) in [6.07, 6.45) is -0.379. The van der Waals surface area contributed by atoms with E-state index in [-0.39, 0.29) is 12.1 Å². The van der Waals surface area contributed by atoms with Gasteiger partial charge in [-0.05, 0) is 27.7 Å². The fraction of sp³-hybridized carbons (Fsp3) is 0.909. The highest BCUT2D eigenvalue weighted by Crippen LogP contribution is 2.08. The van der Waals surface area contributed by atoms with Crippen molar-refractivity contribution in [3.63, 3.8) is 0 Å². The first-order valence-electron chi connectivity index (χ1n) is 5.70. The molecule has 94 valence electrons. The molecule has 1 aliphatic heterocycles. The van der Waals surface area contributed by atoms with Crippen LogP contribution in [0.4, 0.5) is 4.79 Å². The summed E-state index contributed by atoms with van der Waals surface area (Å²) in [4.78, 5) is 11.5. The molecule has 5 heteroatoms. The van der Waals surface area contributed by atoms with Crippen LogP contribution in [0.1, 0.15) is 27.7 Å². The molecular weight excluding hydrogens is 208 g/mol. The molecule has 1 heterocycles. The molecule has 0 aromatic heterocycles. The maximum atomic E-state index is 11.5. The Kier molecular flexibility index (Phi) is 4.56. The van der Waals surface area contributed by atoms with E-state index in [0.717, 1.165) is 13.1 Å². The van der Waals surface area contributed by atoms with Crippen molar-refractivity contribution in [1.29, 1.82) is 0 Å². The van der Waals surface area contributed by atoms with Gasteiger partial charge < -0.3 is 20.1 Å². The Morgan fingerprint density at radius 1 is 1.56 bits per heavy atom. The lowest BCUT2D eigenvalue weighted by atomic mass is 10.1. The van der Waals surface area contributed by atoms with Crippen LogP contribution in [-0.4, -0.2) is 43.5 Å². The number of nitrogens with one attached hydrogen (secondary N) is 2. The normalized spacial score (nSPS) is 23.6. The molecule has 2 unspecified atom stereocenters. The first kappa shape index (κ1) is 13.3. The molecule has 1 amide bonds. The lowest BCUT2D eigenvalue weighted by Crippen LogP contribution is -2.51. The predicted octanol–water partition coefficient (Wildman–Crippen LogP) is 0.888. The molecule has 0 radical (unpaired) electrons. The number of carbonyl (C=O) groups excluding carboxylic acids is 1. The molecule has 0 aromatic rings. The highest BCUT2D eigenvalue weighted by molar-refractivity contribution is 5.68. The Hall–Kier alpha value is -0.810. The first-order chi connectivity index (χ1) is 7.38. The second-order valence-corrected chi connectivity index (χ2v) is 5.05. The zero-order valence-electron chi connectivity index (χ0n) is 10.5. The monoisotopic (exact) mass is 230 g/mol. The van der Waals surface area contributed by atoms with Crippen molar-refractivity contribution in [3.05, 3.63) is 0 Å². The van der Waals surface area contributed by atoms with Crippen LogP contribution in [0.3, 0.4) is 0 Å².